The molecule has 3 aromatic rings. The van der Waals surface area contributed by atoms with Gasteiger partial charge < -0.3 is 14.8 Å². The van der Waals surface area contributed by atoms with E-state index in [1.807, 2.05) is 18.3 Å². The molecule has 1 saturated carbocycles. The van der Waals surface area contributed by atoms with E-state index in [0.717, 1.165) is 21.0 Å². The summed E-state index contributed by atoms with van der Waals surface area (Å²) in [4.78, 5) is 6.95. The van der Waals surface area contributed by atoms with Gasteiger partial charge in [0.05, 0.1) is 17.8 Å². The highest BCUT2D eigenvalue weighted by atomic mass is 79.9. The fourth-order valence-electron chi connectivity index (χ4n) is 5.38. The van der Waals surface area contributed by atoms with Gasteiger partial charge in [-0.1, -0.05) is 34.8 Å². The fourth-order valence-corrected chi connectivity index (χ4v) is 5.99. The third-order valence-corrected chi connectivity index (χ3v) is 7.58. The molecule has 2 fully saturated rings. The highest BCUT2D eigenvalue weighted by molar-refractivity contribution is 9.10. The first-order chi connectivity index (χ1) is 15.0. The molecular weight excluding hydrogens is 468 g/mol. The van der Waals surface area contributed by atoms with Crippen molar-refractivity contribution in [3.8, 4) is 0 Å². The van der Waals surface area contributed by atoms with Crippen LogP contribution in [0.1, 0.15) is 66.5 Å². The summed E-state index contributed by atoms with van der Waals surface area (Å²) in [6.07, 6.45) is 7.07. The molecule has 5 rings (SSSR count). The van der Waals surface area contributed by atoms with Gasteiger partial charge in [0, 0.05) is 33.8 Å². The molecule has 6 heteroatoms. The van der Waals surface area contributed by atoms with Gasteiger partial charge in [-0.15, -0.1) is 0 Å². The standard InChI is InChI=1S/C25H27BrN4S/c1-16-15-21(17(2)29(16)19-7-3-4-8-19)24-23(22-9-5-6-14-27-22)28-25(31)30(24)20-12-10-18(26)11-13-20/h5-6,9-15,19,23-24H,3-4,7-8H2,1-2H3,(H,28,31)/t23-,24-/m0/s1. The Bertz CT molecular complexity index is 1090. The molecule has 0 amide bonds. The summed E-state index contributed by atoms with van der Waals surface area (Å²) >= 11 is 9.43. The van der Waals surface area contributed by atoms with Crippen LogP contribution in [0.4, 0.5) is 5.69 Å². The van der Waals surface area contributed by atoms with E-state index in [-0.39, 0.29) is 12.1 Å². The highest BCUT2D eigenvalue weighted by Gasteiger charge is 2.42. The fraction of sp³-hybridized carbons (Fsp3) is 0.360. The number of nitrogens with one attached hydrogen (secondary N) is 1. The summed E-state index contributed by atoms with van der Waals surface area (Å²) in [5, 5.41) is 4.33. The summed E-state index contributed by atoms with van der Waals surface area (Å²) in [7, 11) is 0. The molecule has 4 nitrogen and oxygen atoms in total. The van der Waals surface area contributed by atoms with E-state index in [2.05, 4.69) is 85.9 Å². The molecule has 0 bridgehead atoms. The minimum Gasteiger partial charge on any atom is -0.351 e. The maximum atomic E-state index is 5.87. The number of aromatic nitrogens is 2. The Morgan fingerprint density at radius 3 is 2.48 bits per heavy atom. The van der Waals surface area contributed by atoms with Gasteiger partial charge >= 0.3 is 0 Å². The van der Waals surface area contributed by atoms with Crippen LogP contribution in [0.2, 0.25) is 0 Å². The first kappa shape index (κ1) is 20.7. The molecule has 2 aromatic heterocycles. The number of benzene rings is 1. The quantitative estimate of drug-likeness (QED) is 0.416. The largest absolute Gasteiger partial charge is 0.351 e. The molecule has 2 aliphatic rings. The van der Waals surface area contributed by atoms with Crippen molar-refractivity contribution in [3.05, 3.63) is 81.8 Å². The predicted octanol–water partition coefficient (Wildman–Crippen LogP) is 6.55. The second-order valence-corrected chi connectivity index (χ2v) is 9.91. The third kappa shape index (κ3) is 3.70. The van der Waals surface area contributed by atoms with Gasteiger partial charge in [-0.25, -0.2) is 0 Å². The second-order valence-electron chi connectivity index (χ2n) is 8.61. The van der Waals surface area contributed by atoms with Crippen molar-refractivity contribution < 1.29 is 0 Å². The molecule has 1 aliphatic carbocycles. The minimum absolute atomic E-state index is 0.00475. The molecule has 0 unspecified atom stereocenters. The van der Waals surface area contributed by atoms with Crippen LogP contribution >= 0.6 is 28.1 Å². The summed E-state index contributed by atoms with van der Waals surface area (Å²) in [5.41, 5.74) is 6.13. The molecule has 31 heavy (non-hydrogen) atoms. The SMILES string of the molecule is Cc1cc([C@H]2[C@H](c3ccccn3)NC(=S)N2c2ccc(Br)cc2)c(C)n1C1CCCC1. The van der Waals surface area contributed by atoms with Crippen molar-refractivity contribution in [2.24, 2.45) is 0 Å². The minimum atomic E-state index is -0.00475. The van der Waals surface area contributed by atoms with E-state index in [1.165, 1.54) is 42.6 Å². The number of rotatable bonds is 4. The average molecular weight is 495 g/mol. The van der Waals surface area contributed by atoms with E-state index in [9.17, 15) is 0 Å². The number of thiocarbonyl (C=S) groups is 1. The van der Waals surface area contributed by atoms with Crippen LogP contribution < -0.4 is 10.2 Å². The Morgan fingerprint density at radius 2 is 1.81 bits per heavy atom. The summed E-state index contributed by atoms with van der Waals surface area (Å²) < 4.78 is 3.63. The van der Waals surface area contributed by atoms with Crippen LogP contribution in [-0.4, -0.2) is 14.7 Å². The number of pyridine rings is 1. The molecule has 0 spiro atoms. The van der Waals surface area contributed by atoms with Gasteiger partial charge in [-0.3, -0.25) is 4.98 Å². The van der Waals surface area contributed by atoms with Gasteiger partial charge in [0.25, 0.3) is 0 Å². The number of aryl methyl sites for hydroxylation is 1. The Morgan fingerprint density at radius 1 is 1.06 bits per heavy atom. The zero-order chi connectivity index (χ0) is 21.5. The van der Waals surface area contributed by atoms with Gasteiger partial charge in [-0.05, 0) is 86.9 Å². The topological polar surface area (TPSA) is 33.1 Å². The number of hydrogen-bond acceptors (Lipinski definition) is 2. The highest BCUT2D eigenvalue weighted by Crippen LogP contribution is 2.44. The molecular formula is C25H27BrN4S. The van der Waals surface area contributed by atoms with Gasteiger partial charge in [0.2, 0.25) is 0 Å². The van der Waals surface area contributed by atoms with Crippen molar-refractivity contribution in [2.45, 2.75) is 57.7 Å². The van der Waals surface area contributed by atoms with Crippen LogP contribution in [0.5, 0.6) is 0 Å². The van der Waals surface area contributed by atoms with E-state index in [4.69, 9.17) is 12.2 Å². The lowest BCUT2D eigenvalue weighted by molar-refractivity contribution is 0.494. The van der Waals surface area contributed by atoms with Gasteiger partial charge in [0.15, 0.2) is 5.11 Å². The summed E-state index contributed by atoms with van der Waals surface area (Å²) in [6.45, 7) is 4.52. The summed E-state index contributed by atoms with van der Waals surface area (Å²) in [6, 6.07) is 17.5. The molecule has 160 valence electrons. The molecule has 1 aromatic carbocycles. The first-order valence-corrected chi connectivity index (χ1v) is 12.2. The van der Waals surface area contributed by atoms with Gasteiger partial charge in [0.1, 0.15) is 0 Å². The van der Waals surface area contributed by atoms with Crippen molar-refractivity contribution in [2.75, 3.05) is 4.90 Å². The lowest BCUT2D eigenvalue weighted by atomic mass is 9.96. The Labute approximate surface area is 197 Å². The van der Waals surface area contributed by atoms with Crippen LogP contribution in [0.15, 0.2) is 59.2 Å². The summed E-state index contributed by atoms with van der Waals surface area (Å²) in [5.74, 6) is 0. The van der Waals surface area contributed by atoms with E-state index < -0.39 is 0 Å². The van der Waals surface area contributed by atoms with Crippen molar-refractivity contribution in [1.82, 2.24) is 14.9 Å². The molecule has 1 saturated heterocycles. The maximum absolute atomic E-state index is 5.87. The smallest absolute Gasteiger partial charge is 0.174 e. The zero-order valence-corrected chi connectivity index (χ0v) is 20.3. The van der Waals surface area contributed by atoms with Crippen molar-refractivity contribution >= 4 is 38.9 Å². The zero-order valence-electron chi connectivity index (χ0n) is 17.9. The number of halogens is 1. The lowest BCUT2D eigenvalue weighted by Crippen LogP contribution is -2.29. The average Bonchev–Trinajstić information content (AvgIpc) is 3.47. The van der Waals surface area contributed by atoms with Crippen LogP contribution in [0.25, 0.3) is 0 Å². The lowest BCUT2D eigenvalue weighted by Gasteiger charge is -2.28. The first-order valence-electron chi connectivity index (χ1n) is 11.0. The molecule has 3 heterocycles. The van der Waals surface area contributed by atoms with Crippen LogP contribution in [0, 0.1) is 13.8 Å². The van der Waals surface area contributed by atoms with E-state index >= 15 is 0 Å². The Hall–Kier alpha value is -2.18. The third-order valence-electron chi connectivity index (χ3n) is 6.73. The van der Waals surface area contributed by atoms with Crippen LogP contribution in [0.3, 0.4) is 0 Å². The maximum Gasteiger partial charge on any atom is 0.174 e. The van der Waals surface area contributed by atoms with Crippen molar-refractivity contribution in [1.29, 1.82) is 0 Å². The monoisotopic (exact) mass is 494 g/mol. The Balaban J connectivity index is 1.64. The number of hydrogen-bond donors (Lipinski definition) is 1. The second kappa shape index (κ2) is 8.40. The number of nitrogens with zero attached hydrogens (tertiary/aromatic N) is 3. The van der Waals surface area contributed by atoms with Crippen molar-refractivity contribution in [3.63, 3.8) is 0 Å². The molecule has 0 radical (unpaired) electrons. The Kier molecular flexibility index (Phi) is 5.61. The van der Waals surface area contributed by atoms with Gasteiger partial charge in [-0.2, -0.15) is 0 Å². The number of anilines is 1. The molecule has 1 N–H and O–H groups in total. The molecule has 1 aliphatic heterocycles. The van der Waals surface area contributed by atoms with E-state index in [1.54, 1.807) is 0 Å². The molecule has 2 atom stereocenters. The van der Waals surface area contributed by atoms with Crippen LogP contribution in [-0.2, 0) is 0 Å². The predicted molar refractivity (Wildman–Crippen MR) is 133 cm³/mol. The normalized spacial score (nSPS) is 21.6. The van der Waals surface area contributed by atoms with E-state index in [0.29, 0.717) is 6.04 Å².